The Labute approximate surface area is 121 Å². The highest BCUT2D eigenvalue weighted by Crippen LogP contribution is 2.14. The van der Waals surface area contributed by atoms with Crippen molar-refractivity contribution in [1.82, 2.24) is 10.2 Å². The summed E-state index contributed by atoms with van der Waals surface area (Å²) >= 11 is 0. The normalized spacial score (nSPS) is 21.9. The number of halogens is 1. The van der Waals surface area contributed by atoms with Gasteiger partial charge in [0.1, 0.15) is 5.82 Å². The summed E-state index contributed by atoms with van der Waals surface area (Å²) in [6.07, 6.45) is 2.24. The predicted octanol–water partition coefficient (Wildman–Crippen LogP) is 2.07. The molecule has 0 aliphatic carbocycles. The molecule has 112 valence electrons. The van der Waals surface area contributed by atoms with E-state index in [0.29, 0.717) is 0 Å². The SMILES string of the molecule is CCCN1CCOC(C(Cc2ccc(F)cc2)NC)C1. The van der Waals surface area contributed by atoms with E-state index in [1.54, 1.807) is 0 Å². The molecule has 0 bridgehead atoms. The summed E-state index contributed by atoms with van der Waals surface area (Å²) in [5.41, 5.74) is 1.14. The summed E-state index contributed by atoms with van der Waals surface area (Å²) in [5.74, 6) is -0.183. The highest BCUT2D eigenvalue weighted by Gasteiger charge is 2.26. The van der Waals surface area contributed by atoms with Crippen LogP contribution in [0.2, 0.25) is 0 Å². The van der Waals surface area contributed by atoms with Crippen molar-refractivity contribution in [2.75, 3.05) is 33.3 Å². The molecule has 1 fully saturated rings. The number of hydrogen-bond donors (Lipinski definition) is 1. The number of nitrogens with zero attached hydrogens (tertiary/aromatic N) is 1. The average molecular weight is 280 g/mol. The van der Waals surface area contributed by atoms with Crippen molar-refractivity contribution in [3.8, 4) is 0 Å². The van der Waals surface area contributed by atoms with E-state index in [0.717, 1.165) is 38.2 Å². The first kappa shape index (κ1) is 15.4. The fourth-order valence-electron chi connectivity index (χ4n) is 2.79. The first-order chi connectivity index (χ1) is 9.72. The summed E-state index contributed by atoms with van der Waals surface area (Å²) < 4.78 is 18.9. The molecule has 1 N–H and O–H groups in total. The monoisotopic (exact) mass is 280 g/mol. The van der Waals surface area contributed by atoms with Crippen LogP contribution in [0.5, 0.6) is 0 Å². The van der Waals surface area contributed by atoms with E-state index in [4.69, 9.17) is 4.74 Å². The molecule has 0 aromatic heterocycles. The molecule has 2 unspecified atom stereocenters. The quantitative estimate of drug-likeness (QED) is 0.863. The molecule has 1 saturated heterocycles. The maximum atomic E-state index is 12.9. The minimum Gasteiger partial charge on any atom is -0.374 e. The summed E-state index contributed by atoms with van der Waals surface area (Å²) in [6.45, 7) is 6.13. The molecule has 20 heavy (non-hydrogen) atoms. The summed E-state index contributed by atoms with van der Waals surface area (Å²) in [4.78, 5) is 2.46. The van der Waals surface area contributed by atoms with Gasteiger partial charge in [0, 0.05) is 19.1 Å². The lowest BCUT2D eigenvalue weighted by Crippen LogP contribution is -2.52. The Balaban J connectivity index is 1.95. The molecule has 1 aromatic carbocycles. The van der Waals surface area contributed by atoms with Crippen LogP contribution in [-0.2, 0) is 11.2 Å². The van der Waals surface area contributed by atoms with Gasteiger partial charge in [-0.1, -0.05) is 19.1 Å². The zero-order chi connectivity index (χ0) is 14.4. The van der Waals surface area contributed by atoms with Crippen molar-refractivity contribution in [2.45, 2.75) is 31.9 Å². The zero-order valence-corrected chi connectivity index (χ0v) is 12.4. The Morgan fingerprint density at radius 3 is 2.80 bits per heavy atom. The maximum absolute atomic E-state index is 12.9. The van der Waals surface area contributed by atoms with Gasteiger partial charge in [-0.2, -0.15) is 0 Å². The van der Waals surface area contributed by atoms with Crippen LogP contribution < -0.4 is 5.32 Å². The molecular weight excluding hydrogens is 255 g/mol. The molecule has 2 rings (SSSR count). The van der Waals surface area contributed by atoms with Gasteiger partial charge in [-0.15, -0.1) is 0 Å². The van der Waals surface area contributed by atoms with Gasteiger partial charge in [-0.05, 0) is 44.1 Å². The smallest absolute Gasteiger partial charge is 0.123 e. The van der Waals surface area contributed by atoms with E-state index < -0.39 is 0 Å². The van der Waals surface area contributed by atoms with Crippen LogP contribution in [0.4, 0.5) is 4.39 Å². The fraction of sp³-hybridized carbons (Fsp3) is 0.625. The van der Waals surface area contributed by atoms with E-state index >= 15 is 0 Å². The Morgan fingerprint density at radius 1 is 1.40 bits per heavy atom. The fourth-order valence-corrected chi connectivity index (χ4v) is 2.79. The van der Waals surface area contributed by atoms with Crippen molar-refractivity contribution in [2.24, 2.45) is 0 Å². The van der Waals surface area contributed by atoms with Crippen molar-refractivity contribution in [1.29, 1.82) is 0 Å². The van der Waals surface area contributed by atoms with E-state index in [-0.39, 0.29) is 18.0 Å². The van der Waals surface area contributed by atoms with Gasteiger partial charge in [0.2, 0.25) is 0 Å². The topological polar surface area (TPSA) is 24.5 Å². The Kier molecular flexibility index (Phi) is 5.95. The van der Waals surface area contributed by atoms with Crippen molar-refractivity contribution in [3.63, 3.8) is 0 Å². The molecule has 0 amide bonds. The van der Waals surface area contributed by atoms with Gasteiger partial charge in [0.15, 0.2) is 0 Å². The van der Waals surface area contributed by atoms with Crippen LogP contribution in [0.15, 0.2) is 24.3 Å². The number of benzene rings is 1. The lowest BCUT2D eigenvalue weighted by Gasteiger charge is -2.37. The summed E-state index contributed by atoms with van der Waals surface area (Å²) in [6, 6.07) is 7.01. The Bertz CT molecular complexity index is 394. The number of hydrogen-bond acceptors (Lipinski definition) is 3. The Hall–Kier alpha value is -0.970. The molecule has 1 aliphatic heterocycles. The number of morpholine rings is 1. The van der Waals surface area contributed by atoms with Crippen molar-refractivity contribution in [3.05, 3.63) is 35.6 Å². The minimum absolute atomic E-state index is 0.183. The van der Waals surface area contributed by atoms with Gasteiger partial charge >= 0.3 is 0 Å². The van der Waals surface area contributed by atoms with Crippen LogP contribution in [0, 0.1) is 5.82 Å². The summed E-state index contributed by atoms with van der Waals surface area (Å²) in [5, 5.41) is 3.35. The Morgan fingerprint density at radius 2 is 2.15 bits per heavy atom. The van der Waals surface area contributed by atoms with Gasteiger partial charge in [-0.3, -0.25) is 4.90 Å². The summed E-state index contributed by atoms with van der Waals surface area (Å²) in [7, 11) is 1.97. The zero-order valence-electron chi connectivity index (χ0n) is 12.4. The second-order valence-corrected chi connectivity index (χ2v) is 5.44. The molecule has 0 radical (unpaired) electrons. The standard InChI is InChI=1S/C16H25FN2O/c1-3-8-19-9-10-20-16(12-19)15(18-2)11-13-4-6-14(17)7-5-13/h4-7,15-16,18H,3,8-12H2,1-2H3. The number of rotatable bonds is 6. The molecule has 2 atom stereocenters. The van der Waals surface area contributed by atoms with Crippen molar-refractivity contribution >= 4 is 0 Å². The third-order valence-corrected chi connectivity index (χ3v) is 3.91. The molecule has 4 heteroatoms. The van der Waals surface area contributed by atoms with Gasteiger partial charge < -0.3 is 10.1 Å². The number of ether oxygens (including phenoxy) is 1. The van der Waals surface area contributed by atoms with Crippen LogP contribution in [0.3, 0.4) is 0 Å². The molecule has 1 heterocycles. The molecule has 1 aliphatic rings. The molecular formula is C16H25FN2O. The van der Waals surface area contributed by atoms with E-state index in [2.05, 4.69) is 17.1 Å². The van der Waals surface area contributed by atoms with Crippen LogP contribution in [-0.4, -0.2) is 50.3 Å². The second kappa shape index (κ2) is 7.72. The largest absolute Gasteiger partial charge is 0.374 e. The third kappa shape index (κ3) is 4.27. The average Bonchev–Trinajstić information content (AvgIpc) is 2.47. The molecule has 1 aromatic rings. The van der Waals surface area contributed by atoms with Crippen LogP contribution >= 0.6 is 0 Å². The number of nitrogens with one attached hydrogen (secondary N) is 1. The third-order valence-electron chi connectivity index (χ3n) is 3.91. The van der Waals surface area contributed by atoms with Gasteiger partial charge in [-0.25, -0.2) is 4.39 Å². The lowest BCUT2D eigenvalue weighted by molar-refractivity contribution is -0.0450. The van der Waals surface area contributed by atoms with E-state index in [1.807, 2.05) is 19.2 Å². The first-order valence-corrected chi connectivity index (χ1v) is 7.48. The lowest BCUT2D eigenvalue weighted by atomic mass is 10.00. The van der Waals surface area contributed by atoms with Gasteiger partial charge in [0.05, 0.1) is 12.7 Å². The number of likely N-dealkylation sites (N-methyl/N-ethyl adjacent to an activating group) is 1. The predicted molar refractivity (Wildman–Crippen MR) is 79.4 cm³/mol. The van der Waals surface area contributed by atoms with E-state index in [9.17, 15) is 4.39 Å². The maximum Gasteiger partial charge on any atom is 0.123 e. The van der Waals surface area contributed by atoms with Gasteiger partial charge in [0.25, 0.3) is 0 Å². The minimum atomic E-state index is -0.183. The van der Waals surface area contributed by atoms with Crippen LogP contribution in [0.1, 0.15) is 18.9 Å². The highest BCUT2D eigenvalue weighted by atomic mass is 19.1. The first-order valence-electron chi connectivity index (χ1n) is 7.48. The highest BCUT2D eigenvalue weighted by molar-refractivity contribution is 5.17. The second-order valence-electron chi connectivity index (χ2n) is 5.44. The molecule has 0 spiro atoms. The van der Waals surface area contributed by atoms with E-state index in [1.165, 1.54) is 18.6 Å². The van der Waals surface area contributed by atoms with Crippen LogP contribution in [0.25, 0.3) is 0 Å². The van der Waals surface area contributed by atoms with Crippen molar-refractivity contribution < 1.29 is 9.13 Å². The molecule has 0 saturated carbocycles. The molecule has 3 nitrogen and oxygen atoms in total.